The molecule has 3 aromatic carbocycles. The molecule has 0 heterocycles. The van der Waals surface area contributed by atoms with Gasteiger partial charge in [0, 0.05) is 0 Å². The molecular formula is C28H34IO8Sb. The van der Waals surface area contributed by atoms with Crippen LogP contribution in [0, 0.1) is 0 Å². The second-order valence-electron chi connectivity index (χ2n) is 8.18. The fraction of sp³-hybridized carbons (Fsp3) is 0.321. The molecule has 38 heavy (non-hydrogen) atoms. The van der Waals surface area contributed by atoms with E-state index in [4.69, 9.17) is 33.2 Å². The van der Waals surface area contributed by atoms with Gasteiger partial charge in [-0.25, -0.2) is 0 Å². The van der Waals surface area contributed by atoms with Gasteiger partial charge >= 0.3 is 236 Å². The topological polar surface area (TPSA) is 81.7 Å². The number of benzene rings is 3. The van der Waals surface area contributed by atoms with E-state index in [1.807, 2.05) is 54.6 Å². The van der Waals surface area contributed by atoms with Gasteiger partial charge < -0.3 is 0 Å². The summed E-state index contributed by atoms with van der Waals surface area (Å²) in [6, 6.07) is 16.7. The Morgan fingerprint density at radius 1 is 0.605 bits per heavy atom. The van der Waals surface area contributed by atoms with Crippen LogP contribution >= 0.6 is 18.5 Å². The van der Waals surface area contributed by atoms with Crippen LogP contribution in [0.3, 0.4) is 0 Å². The Kier molecular flexibility index (Phi) is 9.92. The SMILES string of the molecule is CCOC(=O)[CH2][Sb]([I])([c]1c(OC)cccc1OC)([c]1c(OC)cccc1OC)[c]1c(OC)cccc1OC. The molecule has 0 atom stereocenters. The van der Waals surface area contributed by atoms with E-state index in [-0.39, 0.29) is 11.0 Å². The molecule has 0 spiro atoms. The molecule has 3 aromatic rings. The molecule has 0 saturated carbocycles. The van der Waals surface area contributed by atoms with Gasteiger partial charge in [0.05, 0.1) is 0 Å². The van der Waals surface area contributed by atoms with Gasteiger partial charge in [-0.05, 0) is 0 Å². The molecule has 10 heteroatoms. The summed E-state index contributed by atoms with van der Waals surface area (Å²) < 4.78 is 43.7. The number of ether oxygens (including phenoxy) is 7. The Bertz CT molecular complexity index is 1090. The molecule has 0 N–H and O–H groups in total. The number of hydrogen-bond acceptors (Lipinski definition) is 8. The minimum atomic E-state index is -5.45. The van der Waals surface area contributed by atoms with Crippen LogP contribution in [0.2, 0.25) is 4.37 Å². The van der Waals surface area contributed by atoms with Crippen molar-refractivity contribution < 1.29 is 38.0 Å². The summed E-state index contributed by atoms with van der Waals surface area (Å²) in [4.78, 5) is 13.8. The molecule has 0 aliphatic carbocycles. The van der Waals surface area contributed by atoms with Crippen LogP contribution < -0.4 is 39.0 Å². The van der Waals surface area contributed by atoms with Crippen molar-refractivity contribution in [1.82, 2.24) is 0 Å². The molecule has 0 unspecified atom stereocenters. The van der Waals surface area contributed by atoms with E-state index < -0.39 is 19.3 Å². The standard InChI is InChI=1S/3C8H9O2.C4H7O2.HI.Sb/c3*1-9-7-4-3-5-8(6-7)10-2;1-3-6-4(2)5;;/h3*3-5H,1-2H3;2-3H2,1H3;1H;/q;;;;;+1/p-1. The first-order valence-corrected chi connectivity index (χ1v) is 24.9. The van der Waals surface area contributed by atoms with Gasteiger partial charge in [0.25, 0.3) is 0 Å². The summed E-state index contributed by atoms with van der Waals surface area (Å²) in [5, 5.41) is 0. The zero-order valence-electron chi connectivity index (χ0n) is 22.7. The van der Waals surface area contributed by atoms with Crippen LogP contribution in [-0.4, -0.2) is 68.6 Å². The van der Waals surface area contributed by atoms with Gasteiger partial charge in [0.15, 0.2) is 0 Å². The third kappa shape index (κ3) is 4.95. The molecule has 206 valence electrons. The van der Waals surface area contributed by atoms with Crippen molar-refractivity contribution in [3.8, 4) is 34.5 Å². The van der Waals surface area contributed by atoms with E-state index in [1.165, 1.54) is 0 Å². The zero-order chi connectivity index (χ0) is 27.9. The van der Waals surface area contributed by atoms with Crippen molar-refractivity contribution in [2.45, 2.75) is 11.3 Å². The van der Waals surface area contributed by atoms with Crippen LogP contribution in [0.15, 0.2) is 54.6 Å². The Balaban J connectivity index is 2.84. The Morgan fingerprint density at radius 3 is 1.08 bits per heavy atom. The summed E-state index contributed by atoms with van der Waals surface area (Å²) in [5.41, 5.74) is 0. The maximum atomic E-state index is 13.8. The van der Waals surface area contributed by atoms with E-state index in [0.29, 0.717) is 34.5 Å². The first-order chi connectivity index (χ1) is 18.3. The fourth-order valence-corrected chi connectivity index (χ4v) is 32.0. The predicted molar refractivity (Wildman–Crippen MR) is 159 cm³/mol. The first-order valence-electron chi connectivity index (χ1n) is 11.8. The monoisotopic (exact) mass is 746 g/mol. The summed E-state index contributed by atoms with van der Waals surface area (Å²) in [5.74, 6) is 2.89. The van der Waals surface area contributed by atoms with Gasteiger partial charge in [-0.3, -0.25) is 0 Å². The van der Waals surface area contributed by atoms with Crippen molar-refractivity contribution in [2.24, 2.45) is 0 Å². The Labute approximate surface area is 234 Å². The quantitative estimate of drug-likeness (QED) is 0.158. The summed E-state index contributed by atoms with van der Waals surface area (Å²) >= 11 is -2.97. The molecule has 0 aromatic heterocycles. The Hall–Kier alpha value is -2.52. The van der Waals surface area contributed by atoms with Gasteiger partial charge in [-0.1, -0.05) is 0 Å². The minimum absolute atomic E-state index is 0.0219. The summed E-state index contributed by atoms with van der Waals surface area (Å²) in [7, 11) is 9.56. The van der Waals surface area contributed by atoms with E-state index in [1.54, 1.807) is 49.6 Å². The van der Waals surface area contributed by atoms with E-state index in [0.717, 1.165) is 10.5 Å². The molecule has 0 aliphatic rings. The van der Waals surface area contributed by atoms with Gasteiger partial charge in [-0.2, -0.15) is 0 Å². The van der Waals surface area contributed by atoms with Crippen molar-refractivity contribution in [3.63, 3.8) is 0 Å². The van der Waals surface area contributed by atoms with Crippen LogP contribution in [0.25, 0.3) is 0 Å². The molecule has 0 amide bonds. The molecule has 0 saturated heterocycles. The number of halogens is 1. The number of esters is 1. The molecule has 8 nitrogen and oxygen atoms in total. The summed E-state index contributed by atoms with van der Waals surface area (Å²) in [6.07, 6.45) is 0. The normalized spacial score (nSPS) is 12.1. The van der Waals surface area contributed by atoms with E-state index in [2.05, 4.69) is 18.5 Å². The summed E-state index contributed by atoms with van der Waals surface area (Å²) in [6.45, 7) is 2.00. The predicted octanol–water partition coefficient (Wildman–Crippen LogP) is 3.66. The van der Waals surface area contributed by atoms with Crippen molar-refractivity contribution >= 4 is 48.4 Å². The van der Waals surface area contributed by atoms with Crippen LogP contribution in [0.5, 0.6) is 34.5 Å². The van der Waals surface area contributed by atoms with Crippen LogP contribution in [-0.2, 0) is 9.53 Å². The molecule has 0 aliphatic heterocycles. The van der Waals surface area contributed by atoms with Gasteiger partial charge in [-0.15, -0.1) is 0 Å². The van der Waals surface area contributed by atoms with Crippen molar-refractivity contribution in [2.75, 3.05) is 49.3 Å². The molecule has 0 radical (unpaired) electrons. The number of carbonyl (C=O) groups excluding carboxylic acids is 1. The maximum absolute atomic E-state index is 13.8. The van der Waals surface area contributed by atoms with Gasteiger partial charge in [0.1, 0.15) is 0 Å². The third-order valence-electron chi connectivity index (χ3n) is 6.34. The van der Waals surface area contributed by atoms with E-state index >= 15 is 0 Å². The second-order valence-corrected chi connectivity index (χ2v) is 33.9. The average Bonchev–Trinajstić information content (AvgIpc) is 2.95. The fourth-order valence-electron chi connectivity index (χ4n) is 4.90. The van der Waals surface area contributed by atoms with Crippen molar-refractivity contribution in [1.29, 1.82) is 0 Å². The first kappa shape index (κ1) is 30.0. The van der Waals surface area contributed by atoms with Crippen LogP contribution in [0.1, 0.15) is 6.92 Å². The van der Waals surface area contributed by atoms with Crippen molar-refractivity contribution in [3.05, 3.63) is 54.6 Å². The number of hydrogen-bond donors (Lipinski definition) is 0. The number of rotatable bonds is 12. The second kappa shape index (κ2) is 12.6. The Morgan fingerprint density at radius 2 is 0.868 bits per heavy atom. The molecule has 3 rings (SSSR count). The zero-order valence-corrected chi connectivity index (χ0v) is 27.4. The molecular weight excluding hydrogens is 713 g/mol. The van der Waals surface area contributed by atoms with Gasteiger partial charge in [0.2, 0.25) is 0 Å². The van der Waals surface area contributed by atoms with Crippen LogP contribution in [0.4, 0.5) is 0 Å². The van der Waals surface area contributed by atoms with E-state index in [9.17, 15) is 4.79 Å². The number of methoxy groups -OCH3 is 6. The average molecular weight is 747 g/mol. The molecule has 0 bridgehead atoms. The number of carbonyl (C=O) groups is 1. The molecule has 0 fully saturated rings. The third-order valence-corrected chi connectivity index (χ3v) is 32.5.